The summed E-state index contributed by atoms with van der Waals surface area (Å²) in [6.07, 6.45) is 4.90. The van der Waals surface area contributed by atoms with Gasteiger partial charge in [-0.1, -0.05) is 11.6 Å². The molecule has 0 amide bonds. The summed E-state index contributed by atoms with van der Waals surface area (Å²) in [6.45, 7) is 0.598. The van der Waals surface area contributed by atoms with Crippen molar-refractivity contribution in [3.8, 4) is 22.8 Å². The first-order valence-corrected chi connectivity index (χ1v) is 13.0. The average Bonchev–Trinajstić information content (AvgIpc) is 3.58. The van der Waals surface area contributed by atoms with Gasteiger partial charge in [0.2, 0.25) is 0 Å². The lowest BCUT2D eigenvalue weighted by Crippen LogP contribution is -2.22. The number of benzene rings is 1. The summed E-state index contributed by atoms with van der Waals surface area (Å²) in [7, 11) is 3.01. The minimum atomic E-state index is -0.443. The van der Waals surface area contributed by atoms with Crippen LogP contribution in [0, 0.1) is 0 Å². The number of ether oxygens (including phenoxy) is 2. The molecule has 0 radical (unpaired) electrons. The van der Waals surface area contributed by atoms with Crippen molar-refractivity contribution in [2.24, 2.45) is 0 Å². The molecule has 0 aliphatic rings. The van der Waals surface area contributed by atoms with Crippen LogP contribution in [0.3, 0.4) is 0 Å². The Bertz CT molecular complexity index is 1680. The van der Waals surface area contributed by atoms with Crippen molar-refractivity contribution in [2.75, 3.05) is 19.5 Å². The number of pyridine rings is 1. The van der Waals surface area contributed by atoms with Gasteiger partial charge < -0.3 is 19.4 Å². The maximum absolute atomic E-state index is 13.7. The van der Waals surface area contributed by atoms with Gasteiger partial charge >= 0.3 is 0 Å². The summed E-state index contributed by atoms with van der Waals surface area (Å²) in [5.74, 6) is 1.34. The SMILES string of the molecule is COc1ccc(C(=O)n2nc(-c3cccn(Cc4ncccn4)c3=O)cc2NCc2ccc(Cl)s2)c(OC)c1. The van der Waals surface area contributed by atoms with Crippen LogP contribution in [-0.2, 0) is 13.1 Å². The monoisotopic (exact) mass is 562 g/mol. The minimum Gasteiger partial charge on any atom is -0.497 e. The number of rotatable bonds is 9. The maximum Gasteiger partial charge on any atom is 0.283 e. The lowest BCUT2D eigenvalue weighted by atomic mass is 10.1. The zero-order valence-corrected chi connectivity index (χ0v) is 22.6. The summed E-state index contributed by atoms with van der Waals surface area (Å²) in [6, 6.07) is 15.4. The molecule has 0 saturated heterocycles. The lowest BCUT2D eigenvalue weighted by molar-refractivity contribution is 0.0944. The largest absolute Gasteiger partial charge is 0.497 e. The predicted octanol–water partition coefficient (Wildman–Crippen LogP) is 4.58. The molecular weight excluding hydrogens is 540 g/mol. The quantitative estimate of drug-likeness (QED) is 0.278. The molecule has 0 unspecified atom stereocenters. The van der Waals surface area contributed by atoms with Crippen LogP contribution < -0.4 is 20.3 Å². The van der Waals surface area contributed by atoms with Crippen molar-refractivity contribution in [1.29, 1.82) is 0 Å². The highest BCUT2D eigenvalue weighted by Gasteiger charge is 2.22. The second-order valence-electron chi connectivity index (χ2n) is 8.28. The number of anilines is 1. The molecule has 39 heavy (non-hydrogen) atoms. The van der Waals surface area contributed by atoms with E-state index in [1.54, 1.807) is 61.1 Å². The fourth-order valence-electron chi connectivity index (χ4n) is 3.93. The first kappa shape index (κ1) is 26.1. The Kier molecular flexibility index (Phi) is 7.71. The molecule has 12 heteroatoms. The summed E-state index contributed by atoms with van der Waals surface area (Å²) < 4.78 is 14.1. The fourth-order valence-corrected chi connectivity index (χ4v) is 4.95. The van der Waals surface area contributed by atoms with Crippen LogP contribution >= 0.6 is 22.9 Å². The van der Waals surface area contributed by atoms with Crippen molar-refractivity contribution in [3.05, 3.63) is 104 Å². The molecule has 5 aromatic rings. The van der Waals surface area contributed by atoms with Crippen molar-refractivity contribution < 1.29 is 14.3 Å². The molecule has 10 nitrogen and oxygen atoms in total. The van der Waals surface area contributed by atoms with E-state index in [1.165, 1.54) is 34.8 Å². The molecule has 0 fully saturated rings. The Balaban J connectivity index is 1.55. The van der Waals surface area contributed by atoms with E-state index in [0.29, 0.717) is 45.3 Å². The van der Waals surface area contributed by atoms with Crippen LogP contribution in [0.4, 0.5) is 5.82 Å². The van der Waals surface area contributed by atoms with Crippen LogP contribution in [0.2, 0.25) is 4.34 Å². The van der Waals surface area contributed by atoms with Crippen LogP contribution in [0.25, 0.3) is 11.3 Å². The van der Waals surface area contributed by atoms with Gasteiger partial charge in [0.1, 0.15) is 28.8 Å². The van der Waals surface area contributed by atoms with E-state index >= 15 is 0 Å². The summed E-state index contributed by atoms with van der Waals surface area (Å²) in [4.78, 5) is 36.5. The molecule has 1 N–H and O–H groups in total. The number of carbonyl (C=O) groups excluding carboxylic acids is 1. The summed E-state index contributed by atoms with van der Waals surface area (Å²) in [5, 5.41) is 7.81. The molecule has 4 aromatic heterocycles. The van der Waals surface area contributed by atoms with Crippen molar-refractivity contribution in [3.63, 3.8) is 0 Å². The number of thiophene rings is 1. The molecule has 0 bridgehead atoms. The number of hydrogen-bond donors (Lipinski definition) is 1. The molecule has 1 aromatic carbocycles. The van der Waals surface area contributed by atoms with Gasteiger partial charge in [-0.25, -0.2) is 9.97 Å². The number of halogens is 1. The normalized spacial score (nSPS) is 10.8. The number of aromatic nitrogens is 5. The highest BCUT2D eigenvalue weighted by Crippen LogP contribution is 2.28. The van der Waals surface area contributed by atoms with Gasteiger partial charge in [-0.3, -0.25) is 9.59 Å². The van der Waals surface area contributed by atoms with Crippen molar-refractivity contribution in [1.82, 2.24) is 24.3 Å². The third kappa shape index (κ3) is 5.69. The second-order valence-corrected chi connectivity index (χ2v) is 10.1. The van der Waals surface area contributed by atoms with Crippen LogP contribution in [0.15, 0.2) is 78.0 Å². The van der Waals surface area contributed by atoms with Gasteiger partial charge in [-0.05, 0) is 42.5 Å². The fraction of sp³-hybridized carbons (Fsp3) is 0.148. The highest BCUT2D eigenvalue weighted by atomic mass is 35.5. The maximum atomic E-state index is 13.7. The molecule has 0 aliphatic heterocycles. The zero-order chi connectivity index (χ0) is 27.4. The molecule has 0 spiro atoms. The van der Waals surface area contributed by atoms with Gasteiger partial charge in [0.15, 0.2) is 0 Å². The van der Waals surface area contributed by atoms with Gasteiger partial charge in [0.25, 0.3) is 11.5 Å². The van der Waals surface area contributed by atoms with Crippen molar-refractivity contribution in [2.45, 2.75) is 13.1 Å². The number of nitrogens with one attached hydrogen (secondary N) is 1. The molecular formula is C27H23ClN6O4S. The minimum absolute atomic E-state index is 0.195. The number of nitrogens with zero attached hydrogens (tertiary/aromatic N) is 5. The van der Waals surface area contributed by atoms with Gasteiger partial charge in [0, 0.05) is 35.6 Å². The van der Waals surface area contributed by atoms with E-state index in [0.717, 1.165) is 4.88 Å². The lowest BCUT2D eigenvalue weighted by Gasteiger charge is -2.12. The van der Waals surface area contributed by atoms with Crippen LogP contribution in [-0.4, -0.2) is 44.4 Å². The topological polar surface area (TPSA) is 113 Å². The third-order valence-corrected chi connectivity index (χ3v) is 7.07. The smallest absolute Gasteiger partial charge is 0.283 e. The Morgan fingerprint density at radius 3 is 2.59 bits per heavy atom. The zero-order valence-electron chi connectivity index (χ0n) is 21.0. The van der Waals surface area contributed by atoms with E-state index in [9.17, 15) is 9.59 Å². The summed E-state index contributed by atoms with van der Waals surface area (Å²) in [5.41, 5.74) is 0.641. The van der Waals surface area contributed by atoms with E-state index in [1.807, 2.05) is 12.1 Å². The Hall–Kier alpha value is -4.48. The van der Waals surface area contributed by atoms with Gasteiger partial charge in [-0.2, -0.15) is 9.78 Å². The molecule has 0 saturated carbocycles. The number of carbonyl (C=O) groups is 1. The van der Waals surface area contributed by atoms with E-state index < -0.39 is 5.91 Å². The Morgan fingerprint density at radius 1 is 1.05 bits per heavy atom. The second kappa shape index (κ2) is 11.5. The standard InChI is InChI=1S/C27H23ClN6O4S/c1-37-17-6-8-20(22(13-17)38-2)27(36)34-25(31-15-18-7-9-23(28)39-18)14-21(32-34)19-5-3-12-33(26(19)35)16-24-29-10-4-11-30-24/h3-14,31H,15-16H2,1-2H3. The highest BCUT2D eigenvalue weighted by molar-refractivity contribution is 7.16. The van der Waals surface area contributed by atoms with E-state index in [4.69, 9.17) is 21.1 Å². The molecule has 0 atom stereocenters. The number of methoxy groups -OCH3 is 2. The molecule has 198 valence electrons. The first-order chi connectivity index (χ1) is 19.0. The van der Waals surface area contributed by atoms with Crippen molar-refractivity contribution >= 4 is 34.7 Å². The number of hydrogen-bond acceptors (Lipinski definition) is 9. The summed E-state index contributed by atoms with van der Waals surface area (Å²) >= 11 is 7.51. The molecule has 4 heterocycles. The molecule has 0 aliphatic carbocycles. The van der Waals surface area contributed by atoms with Gasteiger partial charge in [-0.15, -0.1) is 11.3 Å². The average molecular weight is 563 g/mol. The van der Waals surface area contributed by atoms with E-state index in [-0.39, 0.29) is 17.7 Å². The first-order valence-electron chi connectivity index (χ1n) is 11.8. The van der Waals surface area contributed by atoms with E-state index in [2.05, 4.69) is 20.4 Å². The van der Waals surface area contributed by atoms with Crippen LogP contribution in [0.1, 0.15) is 21.1 Å². The van der Waals surface area contributed by atoms with Crippen LogP contribution in [0.5, 0.6) is 11.5 Å². The third-order valence-electron chi connectivity index (χ3n) is 5.84. The predicted molar refractivity (Wildman–Crippen MR) is 149 cm³/mol. The van der Waals surface area contributed by atoms with Gasteiger partial charge in [0.05, 0.1) is 42.8 Å². The Morgan fingerprint density at radius 2 is 1.87 bits per heavy atom. The Labute approximate surface area is 232 Å². The molecule has 5 rings (SSSR count).